The average molecular weight is 279 g/mol. The summed E-state index contributed by atoms with van der Waals surface area (Å²) in [5, 5.41) is 8.40. The number of rotatable bonds is 4. The second kappa shape index (κ2) is 6.17. The zero-order valence-electron chi connectivity index (χ0n) is 13.6. The van der Waals surface area contributed by atoms with Gasteiger partial charge in [-0.2, -0.15) is 5.10 Å². The zero-order valence-corrected chi connectivity index (χ0v) is 13.6. The van der Waals surface area contributed by atoms with Crippen molar-refractivity contribution in [2.45, 2.75) is 65.0 Å². The quantitative estimate of drug-likeness (QED) is 0.917. The lowest BCUT2D eigenvalue weighted by Gasteiger charge is -2.39. The molecule has 2 heterocycles. The second-order valence-electron chi connectivity index (χ2n) is 6.46. The Kier molecular flexibility index (Phi) is 4.74. The first-order chi connectivity index (χ1) is 9.53. The molecule has 1 unspecified atom stereocenters. The Bertz CT molecular complexity index is 429. The van der Waals surface area contributed by atoms with E-state index in [1.165, 1.54) is 25.0 Å². The minimum absolute atomic E-state index is 0.0252. The molecule has 0 aromatic carbocycles. The molecule has 4 nitrogen and oxygen atoms in total. The van der Waals surface area contributed by atoms with Crippen molar-refractivity contribution in [2.24, 2.45) is 5.92 Å². The lowest BCUT2D eigenvalue weighted by atomic mass is 9.79. The number of nitrogens with zero attached hydrogens (tertiary/aromatic N) is 2. The summed E-state index contributed by atoms with van der Waals surface area (Å²) in [6.07, 6.45) is 6.84. The molecule has 0 radical (unpaired) electrons. The van der Waals surface area contributed by atoms with Crippen LogP contribution in [0.2, 0.25) is 0 Å². The Morgan fingerprint density at radius 1 is 1.25 bits per heavy atom. The summed E-state index contributed by atoms with van der Waals surface area (Å²) in [6.45, 7) is 10.0. The highest BCUT2D eigenvalue weighted by Gasteiger charge is 2.41. The van der Waals surface area contributed by atoms with Crippen molar-refractivity contribution < 1.29 is 4.74 Å². The molecule has 20 heavy (non-hydrogen) atoms. The maximum atomic E-state index is 5.62. The molecule has 1 aromatic heterocycles. The highest BCUT2D eigenvalue weighted by Crippen LogP contribution is 2.41. The van der Waals surface area contributed by atoms with Crippen molar-refractivity contribution in [1.82, 2.24) is 15.1 Å². The minimum atomic E-state index is -0.0252. The van der Waals surface area contributed by atoms with E-state index < -0.39 is 0 Å². The molecular formula is C16H29N3O. The molecule has 114 valence electrons. The van der Waals surface area contributed by atoms with Crippen LogP contribution in [0.3, 0.4) is 0 Å². The van der Waals surface area contributed by atoms with Crippen LogP contribution in [-0.2, 0) is 5.54 Å². The van der Waals surface area contributed by atoms with Crippen LogP contribution in [0.5, 0.6) is 5.75 Å². The van der Waals surface area contributed by atoms with Gasteiger partial charge in [0.2, 0.25) is 0 Å². The first-order valence-electron chi connectivity index (χ1n) is 7.90. The summed E-state index contributed by atoms with van der Waals surface area (Å²) in [5.41, 5.74) is 1.20. The second-order valence-corrected chi connectivity index (χ2v) is 6.46. The molecular weight excluding hydrogens is 250 g/mol. The van der Waals surface area contributed by atoms with E-state index in [-0.39, 0.29) is 5.54 Å². The van der Waals surface area contributed by atoms with E-state index in [4.69, 9.17) is 4.74 Å². The third kappa shape index (κ3) is 2.58. The van der Waals surface area contributed by atoms with Crippen molar-refractivity contribution in [3.63, 3.8) is 0 Å². The monoisotopic (exact) mass is 279 g/mol. The Morgan fingerprint density at radius 3 is 2.60 bits per heavy atom. The molecule has 1 aliphatic heterocycles. The molecule has 0 spiro atoms. The highest BCUT2D eigenvalue weighted by atomic mass is 16.5. The van der Waals surface area contributed by atoms with Crippen LogP contribution >= 0.6 is 0 Å². The van der Waals surface area contributed by atoms with Gasteiger partial charge in [-0.25, -0.2) is 0 Å². The number of nitrogens with one attached hydrogen (secondary N) is 1. The lowest BCUT2D eigenvalue weighted by molar-refractivity contribution is 0.202. The van der Waals surface area contributed by atoms with Gasteiger partial charge in [0.25, 0.3) is 0 Å². The van der Waals surface area contributed by atoms with Crippen molar-refractivity contribution in [1.29, 1.82) is 0 Å². The third-order valence-corrected chi connectivity index (χ3v) is 4.57. The number of hydrogen-bond acceptors (Lipinski definition) is 3. The van der Waals surface area contributed by atoms with Crippen LogP contribution in [-0.4, -0.2) is 23.4 Å². The van der Waals surface area contributed by atoms with Crippen molar-refractivity contribution in [3.05, 3.63) is 11.9 Å². The van der Waals surface area contributed by atoms with E-state index in [1.54, 1.807) is 7.11 Å². The fraction of sp³-hybridized carbons (Fsp3) is 0.812. The van der Waals surface area contributed by atoms with E-state index in [1.807, 2.05) is 6.20 Å². The van der Waals surface area contributed by atoms with E-state index in [0.717, 1.165) is 18.7 Å². The molecule has 1 fully saturated rings. The maximum Gasteiger partial charge on any atom is 0.161 e. The van der Waals surface area contributed by atoms with Gasteiger partial charge >= 0.3 is 0 Å². The van der Waals surface area contributed by atoms with Gasteiger partial charge in [0, 0.05) is 6.04 Å². The van der Waals surface area contributed by atoms with Crippen LogP contribution < -0.4 is 10.1 Å². The fourth-order valence-corrected chi connectivity index (χ4v) is 3.39. The Labute approximate surface area is 122 Å². The molecule has 1 aliphatic rings. The molecule has 1 saturated heterocycles. The van der Waals surface area contributed by atoms with Gasteiger partial charge in [-0.05, 0) is 39.2 Å². The van der Waals surface area contributed by atoms with Crippen LogP contribution in [0.15, 0.2) is 6.20 Å². The van der Waals surface area contributed by atoms with Crippen molar-refractivity contribution in [3.8, 4) is 5.75 Å². The molecule has 4 heteroatoms. The first kappa shape index (κ1) is 15.4. The molecule has 0 aliphatic carbocycles. The van der Waals surface area contributed by atoms with E-state index in [0.29, 0.717) is 12.0 Å². The van der Waals surface area contributed by atoms with Gasteiger partial charge in [0.15, 0.2) is 5.75 Å². The molecule has 0 bridgehead atoms. The van der Waals surface area contributed by atoms with Gasteiger partial charge in [-0.1, -0.05) is 26.7 Å². The Hall–Kier alpha value is -1.03. The SMILES string of the molecule is COc1cnn(C(C)C)c1C1(C(C)C)CCCCCN1. The highest BCUT2D eigenvalue weighted by molar-refractivity contribution is 5.34. The third-order valence-electron chi connectivity index (χ3n) is 4.57. The summed E-state index contributed by atoms with van der Waals surface area (Å²) >= 11 is 0. The molecule has 2 rings (SSSR count). The van der Waals surface area contributed by atoms with E-state index in [2.05, 4.69) is 42.8 Å². The van der Waals surface area contributed by atoms with Crippen molar-refractivity contribution >= 4 is 0 Å². The molecule has 0 amide bonds. The van der Waals surface area contributed by atoms with Crippen LogP contribution in [0.1, 0.15) is 65.1 Å². The molecule has 1 aromatic rings. The largest absolute Gasteiger partial charge is 0.493 e. The van der Waals surface area contributed by atoms with E-state index >= 15 is 0 Å². The Morgan fingerprint density at radius 2 is 2.00 bits per heavy atom. The molecule has 1 N–H and O–H groups in total. The maximum absolute atomic E-state index is 5.62. The smallest absolute Gasteiger partial charge is 0.161 e. The predicted molar refractivity (Wildman–Crippen MR) is 82.2 cm³/mol. The van der Waals surface area contributed by atoms with Gasteiger partial charge in [0.1, 0.15) is 5.69 Å². The summed E-state index contributed by atoms with van der Waals surface area (Å²) in [5.74, 6) is 1.42. The fourth-order valence-electron chi connectivity index (χ4n) is 3.39. The summed E-state index contributed by atoms with van der Waals surface area (Å²) in [7, 11) is 1.75. The summed E-state index contributed by atoms with van der Waals surface area (Å²) in [4.78, 5) is 0. The normalized spacial score (nSPS) is 24.1. The van der Waals surface area contributed by atoms with Crippen LogP contribution in [0.4, 0.5) is 0 Å². The number of ether oxygens (including phenoxy) is 1. The first-order valence-corrected chi connectivity index (χ1v) is 7.90. The zero-order chi connectivity index (χ0) is 14.8. The topological polar surface area (TPSA) is 39.1 Å². The number of aromatic nitrogens is 2. The lowest BCUT2D eigenvalue weighted by Crippen LogP contribution is -2.48. The van der Waals surface area contributed by atoms with E-state index in [9.17, 15) is 0 Å². The van der Waals surface area contributed by atoms with Crippen LogP contribution in [0, 0.1) is 5.92 Å². The molecule has 1 atom stereocenters. The Balaban J connectivity index is 2.55. The molecule has 0 saturated carbocycles. The standard InChI is InChI=1S/C16H29N3O/c1-12(2)16(9-7-6-8-10-17-16)15-14(20-5)11-18-19(15)13(3)4/h11-13,17H,6-10H2,1-5H3. The number of hydrogen-bond donors (Lipinski definition) is 1. The number of methoxy groups -OCH3 is 1. The van der Waals surface area contributed by atoms with Gasteiger partial charge in [0.05, 0.1) is 18.8 Å². The summed E-state index contributed by atoms with van der Waals surface area (Å²) in [6, 6.07) is 0.342. The van der Waals surface area contributed by atoms with Gasteiger partial charge in [-0.15, -0.1) is 0 Å². The van der Waals surface area contributed by atoms with Crippen LogP contribution in [0.25, 0.3) is 0 Å². The average Bonchev–Trinajstić information content (AvgIpc) is 2.69. The van der Waals surface area contributed by atoms with Crippen molar-refractivity contribution in [2.75, 3.05) is 13.7 Å². The minimum Gasteiger partial charge on any atom is -0.493 e. The summed E-state index contributed by atoms with van der Waals surface area (Å²) < 4.78 is 7.76. The van der Waals surface area contributed by atoms with Gasteiger partial charge < -0.3 is 10.1 Å². The van der Waals surface area contributed by atoms with Gasteiger partial charge in [-0.3, -0.25) is 4.68 Å². The predicted octanol–water partition coefficient (Wildman–Crippen LogP) is 3.49.